The van der Waals surface area contributed by atoms with Gasteiger partial charge in [-0.05, 0) is 128 Å². The summed E-state index contributed by atoms with van der Waals surface area (Å²) in [4.78, 5) is 35.3. The molecule has 3 unspecified atom stereocenters. The van der Waals surface area contributed by atoms with E-state index in [1.165, 1.54) is 24.0 Å². The molecule has 16 heteroatoms. The number of anilines is 4. The van der Waals surface area contributed by atoms with Crippen LogP contribution in [0.1, 0.15) is 108 Å². The number of nitrogens with one attached hydrogen (secondary N) is 6. The van der Waals surface area contributed by atoms with Gasteiger partial charge in [0.2, 0.25) is 11.9 Å². The van der Waals surface area contributed by atoms with Gasteiger partial charge in [-0.15, -0.1) is 10.2 Å². The van der Waals surface area contributed by atoms with Crippen LogP contribution in [0.2, 0.25) is 0 Å². The Morgan fingerprint density at radius 3 is 2.00 bits per heavy atom. The second kappa shape index (κ2) is 15.8. The van der Waals surface area contributed by atoms with Crippen LogP contribution in [0, 0.1) is 5.92 Å². The van der Waals surface area contributed by atoms with Crippen molar-refractivity contribution < 1.29 is 9.59 Å². The van der Waals surface area contributed by atoms with Crippen molar-refractivity contribution in [3.63, 3.8) is 0 Å². The van der Waals surface area contributed by atoms with Crippen LogP contribution in [0.5, 0.6) is 0 Å². The Balaban J connectivity index is 0.871. The van der Waals surface area contributed by atoms with Crippen LogP contribution < -0.4 is 21.3 Å². The third kappa shape index (κ3) is 7.51. The summed E-state index contributed by atoms with van der Waals surface area (Å²) in [5, 5.41) is 40.7. The molecule has 8 aromatic rings. The van der Waals surface area contributed by atoms with E-state index < -0.39 is 0 Å². The Hall–Kier alpha value is -7.36. The number of nitrogens with zero attached hydrogens (tertiary/aromatic N) is 8. The summed E-state index contributed by atoms with van der Waals surface area (Å²) in [6.07, 6.45) is 10.3. The maximum Gasteiger partial charge on any atom is 0.251 e. The molecule has 3 atom stereocenters. The van der Waals surface area contributed by atoms with E-state index in [-0.39, 0.29) is 29.7 Å². The second-order valence-electron chi connectivity index (χ2n) is 17.8. The maximum atomic E-state index is 12.7. The SMILES string of the molecule is CCC(C)NC(=O)c1ccc(-c2nc(Nc3cc(C4CC4c4c(Nc5nc(-c6ccc(C(=O)NCC7CC7)cc6)nn5C)ccc5[nH]ncc45)c4[nH]ncc4c3C3CC3)n(C)n2)cc1. The van der Waals surface area contributed by atoms with Crippen molar-refractivity contribution in [3.05, 3.63) is 107 Å². The molecule has 3 aliphatic rings. The molecule has 0 radical (unpaired) electrons. The molecule has 6 N–H and O–H groups in total. The summed E-state index contributed by atoms with van der Waals surface area (Å²) < 4.78 is 3.52. The third-order valence-corrected chi connectivity index (χ3v) is 13.1. The number of carbonyl (C=O) groups is 2. The molecule has 0 spiro atoms. The zero-order chi connectivity index (χ0) is 43.6. The molecule has 16 nitrogen and oxygen atoms in total. The van der Waals surface area contributed by atoms with Crippen LogP contribution in [-0.4, -0.2) is 74.3 Å². The second-order valence-corrected chi connectivity index (χ2v) is 17.8. The van der Waals surface area contributed by atoms with Gasteiger partial charge in [-0.25, -0.2) is 9.36 Å². The number of hydrogen-bond donors (Lipinski definition) is 6. The predicted octanol–water partition coefficient (Wildman–Crippen LogP) is 8.33. The van der Waals surface area contributed by atoms with E-state index in [9.17, 15) is 9.59 Å². The van der Waals surface area contributed by atoms with Crippen molar-refractivity contribution >= 4 is 56.9 Å². The maximum absolute atomic E-state index is 12.7. The van der Waals surface area contributed by atoms with E-state index in [2.05, 4.69) is 60.7 Å². The average Bonchev–Trinajstić information content (AvgIpc) is 4.27. The third-order valence-electron chi connectivity index (χ3n) is 13.1. The fraction of sp³-hybridized carbons (Fsp3) is 0.333. The molecule has 4 aromatic carbocycles. The van der Waals surface area contributed by atoms with E-state index in [1.807, 2.05) is 88.0 Å². The van der Waals surface area contributed by atoms with Crippen molar-refractivity contribution in [2.75, 3.05) is 17.2 Å². The largest absolute Gasteiger partial charge is 0.352 e. The normalized spacial score (nSPS) is 17.4. The lowest BCUT2D eigenvalue weighted by atomic mass is 9.94. The quantitative estimate of drug-likeness (QED) is 0.0582. The van der Waals surface area contributed by atoms with Gasteiger partial charge >= 0.3 is 0 Å². The highest BCUT2D eigenvalue weighted by atomic mass is 16.2. The van der Waals surface area contributed by atoms with Crippen molar-refractivity contribution in [3.8, 4) is 22.8 Å². The Bertz CT molecular complexity index is 3060. The molecule has 2 amide bonds. The number of H-pyrrole nitrogens is 2. The molecule has 0 saturated heterocycles. The zero-order valence-electron chi connectivity index (χ0n) is 36.2. The van der Waals surface area contributed by atoms with Crippen LogP contribution in [0.25, 0.3) is 44.6 Å². The first-order chi connectivity index (χ1) is 31.2. The molecule has 4 heterocycles. The Morgan fingerprint density at radius 2 is 1.36 bits per heavy atom. The smallest absolute Gasteiger partial charge is 0.251 e. The zero-order valence-corrected chi connectivity index (χ0v) is 36.2. The van der Waals surface area contributed by atoms with Gasteiger partial charge in [0.25, 0.3) is 11.8 Å². The highest BCUT2D eigenvalue weighted by Gasteiger charge is 2.44. The van der Waals surface area contributed by atoms with Gasteiger partial charge in [-0.1, -0.05) is 31.2 Å². The number of amides is 2. The monoisotopic (exact) mass is 854 g/mol. The first kappa shape index (κ1) is 39.5. The molecule has 3 fully saturated rings. The lowest BCUT2D eigenvalue weighted by Gasteiger charge is -2.16. The highest BCUT2D eigenvalue weighted by molar-refractivity contribution is 5.96. The van der Waals surface area contributed by atoms with Crippen LogP contribution >= 0.6 is 0 Å². The molecule has 64 heavy (non-hydrogen) atoms. The number of aromatic nitrogens is 10. The first-order valence-corrected chi connectivity index (χ1v) is 22.3. The minimum absolute atomic E-state index is 0.0570. The number of hydrogen-bond acceptors (Lipinski definition) is 10. The minimum Gasteiger partial charge on any atom is -0.352 e. The molecule has 11 rings (SSSR count). The number of aryl methyl sites for hydroxylation is 2. The summed E-state index contributed by atoms with van der Waals surface area (Å²) in [7, 11) is 3.77. The molecule has 324 valence electrons. The van der Waals surface area contributed by atoms with Crippen molar-refractivity contribution in [2.24, 2.45) is 20.0 Å². The summed E-state index contributed by atoms with van der Waals surface area (Å²) in [6.45, 7) is 4.78. The number of benzene rings is 4. The summed E-state index contributed by atoms with van der Waals surface area (Å²) in [5.74, 6) is 3.63. The summed E-state index contributed by atoms with van der Waals surface area (Å²) >= 11 is 0. The summed E-state index contributed by atoms with van der Waals surface area (Å²) in [6, 6.07) is 21.4. The van der Waals surface area contributed by atoms with Gasteiger partial charge in [-0.2, -0.15) is 20.2 Å². The minimum atomic E-state index is -0.0909. The number of carbonyl (C=O) groups excluding carboxylic acids is 2. The molecular formula is C48H50N14O2. The van der Waals surface area contributed by atoms with E-state index >= 15 is 0 Å². The molecule has 3 saturated carbocycles. The average molecular weight is 855 g/mol. The molecular weight excluding hydrogens is 805 g/mol. The Labute approximate surface area is 369 Å². The molecule has 0 aliphatic heterocycles. The lowest BCUT2D eigenvalue weighted by molar-refractivity contribution is 0.0935. The van der Waals surface area contributed by atoms with Gasteiger partial charge in [0, 0.05) is 71.1 Å². The molecule has 0 bridgehead atoms. The molecule has 3 aliphatic carbocycles. The number of rotatable bonds is 15. The summed E-state index contributed by atoms with van der Waals surface area (Å²) in [5.41, 5.74) is 10.5. The number of fused-ring (bicyclic) bond motifs is 2. The lowest BCUT2D eigenvalue weighted by Crippen LogP contribution is -2.31. The fourth-order valence-electron chi connectivity index (χ4n) is 8.86. The van der Waals surface area contributed by atoms with Crippen molar-refractivity contribution in [1.29, 1.82) is 0 Å². The van der Waals surface area contributed by atoms with Gasteiger partial charge in [0.05, 0.1) is 23.4 Å². The predicted molar refractivity (Wildman–Crippen MR) is 246 cm³/mol. The topological polar surface area (TPSA) is 201 Å². The van der Waals surface area contributed by atoms with Gasteiger partial charge in [0.15, 0.2) is 11.6 Å². The first-order valence-electron chi connectivity index (χ1n) is 22.3. The van der Waals surface area contributed by atoms with Gasteiger partial charge in [-0.3, -0.25) is 19.8 Å². The number of aromatic amines is 2. The van der Waals surface area contributed by atoms with Gasteiger partial charge in [0.1, 0.15) is 0 Å². The van der Waals surface area contributed by atoms with Gasteiger partial charge < -0.3 is 21.3 Å². The van der Waals surface area contributed by atoms with Crippen LogP contribution in [0.3, 0.4) is 0 Å². The highest BCUT2D eigenvalue weighted by Crippen LogP contribution is 2.60. The fourth-order valence-corrected chi connectivity index (χ4v) is 8.86. The standard InChI is InChI=1S/C48H50N14O2/c1-5-25(2)52-46(64)31-16-12-29(13-17-31)44-56-48(62(4)60-44)54-39-21-34(42-36(24-51-58-42)40(39)27-8-9-27)32-20-33(32)41-35-23-50-57-37(35)18-19-38(41)53-47-55-43(59-61(47)3)28-10-14-30(15-11-28)45(63)49-22-26-6-7-26/h10-19,21,23-27,32-33H,5-9,20,22H2,1-4H3,(H,49,63)(H,50,57)(H,51,58)(H,52,64)(H,53,55,59)(H,54,56,60). The Morgan fingerprint density at radius 1 is 0.734 bits per heavy atom. The molecule has 4 aromatic heterocycles. The van der Waals surface area contributed by atoms with E-state index in [4.69, 9.17) is 20.2 Å². The van der Waals surface area contributed by atoms with E-state index in [0.717, 1.165) is 82.1 Å². The van der Waals surface area contributed by atoms with E-state index in [0.29, 0.717) is 46.5 Å². The Kier molecular flexibility index (Phi) is 9.73. The van der Waals surface area contributed by atoms with Crippen LogP contribution in [0.15, 0.2) is 79.1 Å². The van der Waals surface area contributed by atoms with E-state index in [1.54, 1.807) is 9.36 Å². The van der Waals surface area contributed by atoms with Crippen molar-refractivity contribution in [2.45, 2.75) is 76.2 Å². The van der Waals surface area contributed by atoms with Crippen molar-refractivity contribution in [1.82, 2.24) is 60.6 Å². The van der Waals surface area contributed by atoms with Crippen LogP contribution in [0.4, 0.5) is 23.3 Å². The van der Waals surface area contributed by atoms with Crippen LogP contribution in [-0.2, 0) is 14.1 Å².